The van der Waals surface area contributed by atoms with E-state index in [4.69, 9.17) is 5.26 Å². The van der Waals surface area contributed by atoms with Gasteiger partial charge in [0.25, 0.3) is 5.91 Å². The molecule has 0 radical (unpaired) electrons. The van der Waals surface area contributed by atoms with Crippen molar-refractivity contribution in [1.82, 2.24) is 5.32 Å². The number of benzene rings is 1. The molecule has 5 heteroatoms. The number of nitrogens with zero attached hydrogens (tertiary/aromatic N) is 1. The van der Waals surface area contributed by atoms with E-state index in [-0.39, 0.29) is 29.3 Å². The number of aliphatic hydroxyl groups is 1. The largest absolute Gasteiger partial charge is 0.507 e. The van der Waals surface area contributed by atoms with Crippen LogP contribution in [0.1, 0.15) is 35.2 Å². The molecule has 1 aromatic carbocycles. The Morgan fingerprint density at radius 2 is 2.22 bits per heavy atom. The highest BCUT2D eigenvalue weighted by atomic mass is 16.3. The Balaban J connectivity index is 2.01. The Morgan fingerprint density at radius 1 is 1.50 bits per heavy atom. The van der Waals surface area contributed by atoms with Crippen LogP contribution in [0.4, 0.5) is 0 Å². The van der Waals surface area contributed by atoms with Crippen molar-refractivity contribution in [3.05, 3.63) is 29.3 Å². The predicted octanol–water partition coefficient (Wildman–Crippen LogP) is 0.909. The topological polar surface area (TPSA) is 93.4 Å². The highest BCUT2D eigenvalue weighted by Crippen LogP contribution is 2.30. The first kappa shape index (κ1) is 12.4. The maximum atomic E-state index is 11.8. The van der Waals surface area contributed by atoms with Crippen molar-refractivity contribution in [1.29, 1.82) is 5.26 Å². The third kappa shape index (κ3) is 2.44. The normalized spacial score (nSPS) is 16.4. The fourth-order valence-corrected chi connectivity index (χ4v) is 1.88. The molecule has 0 heterocycles. The molecular weight excluding hydrogens is 232 g/mol. The molecule has 0 aromatic heterocycles. The zero-order chi connectivity index (χ0) is 13.2. The summed E-state index contributed by atoms with van der Waals surface area (Å²) in [5.74, 6) is -0.581. The SMILES string of the molecule is N#Cc1ccc(C(=O)NCC2(O)CCC2)cc1O. The Morgan fingerprint density at radius 3 is 2.72 bits per heavy atom. The number of amides is 1. The summed E-state index contributed by atoms with van der Waals surface area (Å²) in [6.45, 7) is 0.215. The van der Waals surface area contributed by atoms with Crippen LogP contribution in [0.2, 0.25) is 0 Å². The van der Waals surface area contributed by atoms with Crippen LogP contribution in [0.3, 0.4) is 0 Å². The Bertz CT molecular complexity index is 515. The monoisotopic (exact) mass is 246 g/mol. The molecule has 0 bridgehead atoms. The zero-order valence-corrected chi connectivity index (χ0v) is 9.81. The second-order valence-corrected chi connectivity index (χ2v) is 4.60. The van der Waals surface area contributed by atoms with Crippen LogP contribution in [-0.4, -0.2) is 28.3 Å². The van der Waals surface area contributed by atoms with Crippen molar-refractivity contribution >= 4 is 5.91 Å². The lowest BCUT2D eigenvalue weighted by atomic mass is 9.80. The van der Waals surface area contributed by atoms with Crippen molar-refractivity contribution in [3.8, 4) is 11.8 Å². The molecule has 2 rings (SSSR count). The lowest BCUT2D eigenvalue weighted by Crippen LogP contribution is -2.47. The lowest BCUT2D eigenvalue weighted by Gasteiger charge is -2.36. The molecule has 5 nitrogen and oxygen atoms in total. The summed E-state index contributed by atoms with van der Waals surface area (Å²) in [5, 5.41) is 30.6. The lowest BCUT2D eigenvalue weighted by molar-refractivity contribution is -0.0300. The molecule has 0 saturated heterocycles. The number of phenolic OH excluding ortho intramolecular Hbond substituents is 1. The number of hydrogen-bond donors (Lipinski definition) is 3. The van der Waals surface area contributed by atoms with E-state index in [0.717, 1.165) is 6.42 Å². The quantitative estimate of drug-likeness (QED) is 0.739. The molecule has 1 saturated carbocycles. The minimum atomic E-state index is -0.774. The van der Waals surface area contributed by atoms with Crippen molar-refractivity contribution in [2.45, 2.75) is 24.9 Å². The zero-order valence-electron chi connectivity index (χ0n) is 9.81. The second kappa shape index (κ2) is 4.67. The van der Waals surface area contributed by atoms with E-state index in [2.05, 4.69) is 5.32 Å². The molecule has 0 spiro atoms. The summed E-state index contributed by atoms with van der Waals surface area (Å²) in [6.07, 6.45) is 2.38. The minimum Gasteiger partial charge on any atom is -0.507 e. The van der Waals surface area contributed by atoms with E-state index in [0.29, 0.717) is 12.8 Å². The summed E-state index contributed by atoms with van der Waals surface area (Å²) < 4.78 is 0. The molecule has 3 N–H and O–H groups in total. The number of nitriles is 1. The summed E-state index contributed by atoms with van der Waals surface area (Å²) in [5.41, 5.74) is -0.372. The van der Waals surface area contributed by atoms with E-state index < -0.39 is 5.60 Å². The van der Waals surface area contributed by atoms with Crippen molar-refractivity contribution in [2.75, 3.05) is 6.54 Å². The Kier molecular flexibility index (Phi) is 3.21. The maximum Gasteiger partial charge on any atom is 0.251 e. The third-order valence-corrected chi connectivity index (χ3v) is 3.24. The number of hydrogen-bond acceptors (Lipinski definition) is 4. The number of carbonyl (C=O) groups excluding carboxylic acids is 1. The van der Waals surface area contributed by atoms with Gasteiger partial charge in [0.05, 0.1) is 11.2 Å². The molecule has 1 aliphatic rings. The summed E-state index contributed by atoms with van der Waals surface area (Å²) in [4.78, 5) is 11.8. The number of aromatic hydroxyl groups is 1. The molecule has 1 fully saturated rings. The van der Waals surface area contributed by atoms with E-state index in [1.54, 1.807) is 0 Å². The van der Waals surface area contributed by atoms with E-state index in [1.165, 1.54) is 18.2 Å². The standard InChI is InChI=1S/C13H14N2O3/c14-7-10-3-2-9(6-11(10)16)12(17)15-8-13(18)4-1-5-13/h2-3,6,16,18H,1,4-5,8H2,(H,15,17). The van der Waals surface area contributed by atoms with Crippen LogP contribution in [0.15, 0.2) is 18.2 Å². The van der Waals surface area contributed by atoms with Crippen LogP contribution >= 0.6 is 0 Å². The Labute approximate surface area is 105 Å². The average molecular weight is 246 g/mol. The highest BCUT2D eigenvalue weighted by Gasteiger charge is 2.34. The van der Waals surface area contributed by atoms with Crippen molar-refractivity contribution in [2.24, 2.45) is 0 Å². The number of nitrogens with one attached hydrogen (secondary N) is 1. The van der Waals surface area contributed by atoms with Crippen molar-refractivity contribution in [3.63, 3.8) is 0 Å². The number of rotatable bonds is 3. The Hall–Kier alpha value is -2.06. The smallest absolute Gasteiger partial charge is 0.251 e. The van der Waals surface area contributed by atoms with Crippen LogP contribution in [0, 0.1) is 11.3 Å². The predicted molar refractivity (Wildman–Crippen MR) is 64.0 cm³/mol. The first-order valence-electron chi connectivity index (χ1n) is 5.78. The molecule has 94 valence electrons. The van der Waals surface area contributed by atoms with Gasteiger partial charge in [-0.1, -0.05) is 0 Å². The number of phenols is 1. The van der Waals surface area contributed by atoms with Crippen LogP contribution in [0.5, 0.6) is 5.75 Å². The second-order valence-electron chi connectivity index (χ2n) is 4.60. The van der Waals surface area contributed by atoms with E-state index in [9.17, 15) is 15.0 Å². The number of carbonyl (C=O) groups is 1. The fraction of sp³-hybridized carbons (Fsp3) is 0.385. The van der Waals surface area contributed by atoms with Crippen molar-refractivity contribution < 1.29 is 15.0 Å². The minimum absolute atomic E-state index is 0.129. The van der Waals surface area contributed by atoms with Crippen LogP contribution in [0.25, 0.3) is 0 Å². The van der Waals surface area contributed by atoms with E-state index in [1.807, 2.05) is 6.07 Å². The summed E-state index contributed by atoms with van der Waals surface area (Å²) in [6, 6.07) is 5.92. The van der Waals surface area contributed by atoms with Gasteiger partial charge < -0.3 is 15.5 Å². The highest BCUT2D eigenvalue weighted by molar-refractivity contribution is 5.94. The summed E-state index contributed by atoms with van der Waals surface area (Å²) in [7, 11) is 0. The van der Waals surface area contributed by atoms with Crippen LogP contribution in [-0.2, 0) is 0 Å². The van der Waals surface area contributed by atoms with Gasteiger partial charge in [-0.3, -0.25) is 4.79 Å². The fourth-order valence-electron chi connectivity index (χ4n) is 1.88. The van der Waals surface area contributed by atoms with Gasteiger partial charge in [0.1, 0.15) is 11.8 Å². The molecule has 0 atom stereocenters. The van der Waals surface area contributed by atoms with Gasteiger partial charge in [-0.15, -0.1) is 0 Å². The van der Waals surface area contributed by atoms with Gasteiger partial charge in [0, 0.05) is 12.1 Å². The molecule has 1 aliphatic carbocycles. The van der Waals surface area contributed by atoms with Gasteiger partial charge in [-0.25, -0.2) is 0 Å². The first-order chi connectivity index (χ1) is 8.54. The third-order valence-electron chi connectivity index (χ3n) is 3.24. The molecule has 0 aliphatic heterocycles. The molecule has 0 unspecified atom stereocenters. The molecular formula is C13H14N2O3. The molecule has 1 amide bonds. The van der Waals surface area contributed by atoms with Crippen LogP contribution < -0.4 is 5.32 Å². The van der Waals surface area contributed by atoms with Gasteiger partial charge in [0.15, 0.2) is 0 Å². The first-order valence-corrected chi connectivity index (χ1v) is 5.78. The maximum absolute atomic E-state index is 11.8. The van der Waals surface area contributed by atoms with Gasteiger partial charge >= 0.3 is 0 Å². The molecule has 18 heavy (non-hydrogen) atoms. The van der Waals surface area contributed by atoms with Gasteiger partial charge in [-0.2, -0.15) is 5.26 Å². The average Bonchev–Trinajstić information content (AvgIpc) is 2.33. The van der Waals surface area contributed by atoms with Gasteiger partial charge in [0.2, 0.25) is 0 Å². The van der Waals surface area contributed by atoms with Gasteiger partial charge in [-0.05, 0) is 37.5 Å². The molecule has 1 aromatic rings. The summed E-state index contributed by atoms with van der Waals surface area (Å²) >= 11 is 0. The van der Waals surface area contributed by atoms with E-state index >= 15 is 0 Å².